The van der Waals surface area contributed by atoms with E-state index in [1.807, 2.05) is 31.7 Å². The van der Waals surface area contributed by atoms with E-state index in [1.165, 1.54) is 49.8 Å². The van der Waals surface area contributed by atoms with Crippen molar-refractivity contribution >= 4 is 28.9 Å². The summed E-state index contributed by atoms with van der Waals surface area (Å²) in [6.45, 7) is 0. The Hall–Kier alpha value is -1.49. The van der Waals surface area contributed by atoms with E-state index >= 15 is 0 Å². The number of rotatable bonds is 22. The SMILES string of the molecule is O=C(O)CCCCCCCCCCCCCCC(=O)c1ccc(CCCCC(=O)[C]2[CH][CH][CH][CH]2)s1. The number of carboxylic acids is 1. The lowest BCUT2D eigenvalue weighted by molar-refractivity contribution is -0.137. The number of hydrogen-bond acceptors (Lipinski definition) is 4. The summed E-state index contributed by atoms with van der Waals surface area (Å²) >= 11 is 1.62. The first kappa shape index (κ1) is 29.7. The van der Waals surface area contributed by atoms with Crippen molar-refractivity contribution in [3.8, 4) is 0 Å². The summed E-state index contributed by atoms with van der Waals surface area (Å²) in [5.74, 6) is 0.624. The Morgan fingerprint density at radius 3 is 1.66 bits per heavy atom. The minimum absolute atomic E-state index is 0.221. The first-order valence-electron chi connectivity index (χ1n) is 13.6. The Morgan fingerprint density at radius 2 is 1.09 bits per heavy atom. The average Bonchev–Trinajstić information content (AvgIpc) is 3.54. The van der Waals surface area contributed by atoms with Gasteiger partial charge in [0.05, 0.1) is 4.88 Å². The van der Waals surface area contributed by atoms with Crippen molar-refractivity contribution in [2.24, 2.45) is 0 Å². The second-order valence-corrected chi connectivity index (χ2v) is 10.8. The van der Waals surface area contributed by atoms with Gasteiger partial charge in [-0.15, -0.1) is 11.3 Å². The largest absolute Gasteiger partial charge is 0.481 e. The standard InChI is InChI=1S/C30H43O4S/c31-27(25-17-13-14-18-25)20-16-15-19-26-23-24-29(35-26)28(32)21-11-9-7-5-3-1-2-4-6-8-10-12-22-30(33)34/h13-14,17-18,23-24H,1-12,15-16,19-22H2,(H,33,34). The molecule has 1 saturated carbocycles. The molecular weight excluding hydrogens is 456 g/mol. The van der Waals surface area contributed by atoms with Gasteiger partial charge in [0.15, 0.2) is 5.78 Å². The molecule has 1 fully saturated rings. The Bertz CT molecular complexity index is 732. The summed E-state index contributed by atoms with van der Waals surface area (Å²) < 4.78 is 0. The number of ketones is 2. The molecule has 5 heteroatoms. The number of aliphatic carboxylic acids is 1. The molecule has 0 aromatic carbocycles. The summed E-state index contributed by atoms with van der Waals surface area (Å²) in [4.78, 5) is 37.1. The maximum Gasteiger partial charge on any atom is 0.303 e. The second-order valence-electron chi connectivity index (χ2n) is 9.63. The van der Waals surface area contributed by atoms with Gasteiger partial charge in [0.2, 0.25) is 0 Å². The van der Waals surface area contributed by atoms with Crippen LogP contribution >= 0.6 is 11.3 Å². The van der Waals surface area contributed by atoms with E-state index in [0.717, 1.165) is 62.2 Å². The van der Waals surface area contributed by atoms with Crippen LogP contribution in [0, 0.1) is 31.6 Å². The molecule has 1 aromatic rings. The van der Waals surface area contributed by atoms with Gasteiger partial charge in [-0.05, 0) is 69.9 Å². The van der Waals surface area contributed by atoms with Crippen LogP contribution in [-0.4, -0.2) is 22.6 Å². The van der Waals surface area contributed by atoms with E-state index in [2.05, 4.69) is 6.07 Å². The third-order valence-corrected chi connectivity index (χ3v) is 7.73. The van der Waals surface area contributed by atoms with Crippen LogP contribution in [0.15, 0.2) is 12.1 Å². The molecule has 1 N–H and O–H groups in total. The van der Waals surface area contributed by atoms with Gasteiger partial charge in [-0.2, -0.15) is 0 Å². The smallest absolute Gasteiger partial charge is 0.303 e. The molecule has 35 heavy (non-hydrogen) atoms. The molecule has 193 valence electrons. The molecule has 1 heterocycles. The summed E-state index contributed by atoms with van der Waals surface area (Å²) in [6.07, 6.45) is 25.8. The van der Waals surface area contributed by atoms with Crippen molar-refractivity contribution in [1.29, 1.82) is 0 Å². The third-order valence-electron chi connectivity index (χ3n) is 6.54. The first-order chi connectivity index (χ1) is 17.1. The van der Waals surface area contributed by atoms with E-state index in [4.69, 9.17) is 5.11 Å². The molecule has 0 saturated heterocycles. The van der Waals surface area contributed by atoms with E-state index < -0.39 is 5.97 Å². The van der Waals surface area contributed by atoms with Crippen molar-refractivity contribution in [3.05, 3.63) is 53.5 Å². The zero-order valence-electron chi connectivity index (χ0n) is 21.3. The topological polar surface area (TPSA) is 71.4 Å². The highest BCUT2D eigenvalue weighted by atomic mass is 32.1. The number of unbranched alkanes of at least 4 members (excludes halogenated alkanes) is 12. The Morgan fingerprint density at radius 1 is 0.600 bits per heavy atom. The zero-order chi connectivity index (χ0) is 25.1. The van der Waals surface area contributed by atoms with Crippen molar-refractivity contribution in [3.63, 3.8) is 0 Å². The van der Waals surface area contributed by atoms with Gasteiger partial charge in [0.25, 0.3) is 0 Å². The van der Waals surface area contributed by atoms with Crippen LogP contribution in [0.1, 0.15) is 124 Å². The Labute approximate surface area is 217 Å². The number of hydrogen-bond donors (Lipinski definition) is 1. The number of carbonyl (C=O) groups excluding carboxylic acids is 2. The number of Topliss-reactive ketones (excluding diaryl/α,β-unsaturated/α-hetero) is 2. The first-order valence-corrected chi connectivity index (χ1v) is 14.5. The van der Waals surface area contributed by atoms with Crippen molar-refractivity contribution in [2.45, 2.75) is 116 Å². The minimum Gasteiger partial charge on any atom is -0.481 e. The second kappa shape index (κ2) is 18.7. The molecule has 0 spiro atoms. The van der Waals surface area contributed by atoms with Crippen molar-refractivity contribution in [1.82, 2.24) is 0 Å². The molecule has 2 rings (SSSR count). The monoisotopic (exact) mass is 499 g/mol. The Kier molecular flexibility index (Phi) is 15.9. The fourth-order valence-corrected chi connectivity index (χ4v) is 5.42. The van der Waals surface area contributed by atoms with E-state index in [9.17, 15) is 14.4 Å². The predicted molar refractivity (Wildman–Crippen MR) is 144 cm³/mol. The van der Waals surface area contributed by atoms with Gasteiger partial charge in [-0.1, -0.05) is 64.2 Å². The molecule has 0 bridgehead atoms. The molecule has 0 atom stereocenters. The van der Waals surface area contributed by atoms with Crippen LogP contribution in [0.3, 0.4) is 0 Å². The highest BCUT2D eigenvalue weighted by molar-refractivity contribution is 7.14. The van der Waals surface area contributed by atoms with Gasteiger partial charge < -0.3 is 5.11 Å². The molecule has 4 nitrogen and oxygen atoms in total. The molecule has 5 radical (unpaired) electrons. The van der Waals surface area contributed by atoms with E-state index in [1.54, 1.807) is 11.3 Å². The fourth-order valence-electron chi connectivity index (χ4n) is 4.40. The summed E-state index contributed by atoms with van der Waals surface area (Å²) in [7, 11) is 0. The van der Waals surface area contributed by atoms with Crippen LogP contribution in [0.2, 0.25) is 0 Å². The minimum atomic E-state index is -0.683. The third kappa shape index (κ3) is 14.0. The highest BCUT2D eigenvalue weighted by Crippen LogP contribution is 2.26. The predicted octanol–water partition coefficient (Wildman–Crippen LogP) is 8.16. The van der Waals surface area contributed by atoms with E-state index in [-0.39, 0.29) is 11.6 Å². The van der Waals surface area contributed by atoms with Crippen molar-refractivity contribution < 1.29 is 19.5 Å². The molecule has 0 amide bonds. The van der Waals surface area contributed by atoms with Crippen molar-refractivity contribution in [2.75, 3.05) is 0 Å². The van der Waals surface area contributed by atoms with Crippen LogP contribution in [0.5, 0.6) is 0 Å². The van der Waals surface area contributed by atoms with Gasteiger partial charge in [-0.3, -0.25) is 14.4 Å². The zero-order valence-corrected chi connectivity index (χ0v) is 22.1. The lowest BCUT2D eigenvalue weighted by Crippen LogP contribution is -2.08. The molecular formula is C30H43O4S. The van der Waals surface area contributed by atoms with Gasteiger partial charge in [0.1, 0.15) is 5.78 Å². The fraction of sp³-hybridized carbons (Fsp3) is 0.600. The molecule has 1 aromatic heterocycles. The van der Waals surface area contributed by atoms with Gasteiger partial charge >= 0.3 is 5.97 Å². The lowest BCUT2D eigenvalue weighted by Gasteiger charge is -2.05. The molecule has 0 aliphatic heterocycles. The average molecular weight is 500 g/mol. The maximum absolute atomic E-state index is 12.5. The van der Waals surface area contributed by atoms with Crippen LogP contribution < -0.4 is 0 Å². The lowest BCUT2D eigenvalue weighted by atomic mass is 9.98. The molecule has 1 aliphatic carbocycles. The van der Waals surface area contributed by atoms with Crippen LogP contribution in [0.25, 0.3) is 0 Å². The molecule has 0 unspecified atom stereocenters. The summed E-state index contributed by atoms with van der Waals surface area (Å²) in [6, 6.07) is 4.05. The quantitative estimate of drug-likeness (QED) is 0.129. The Balaban J connectivity index is 1.39. The number of carbonyl (C=O) groups is 3. The maximum atomic E-state index is 12.5. The van der Waals surface area contributed by atoms with Crippen LogP contribution in [-0.2, 0) is 16.0 Å². The van der Waals surface area contributed by atoms with Gasteiger partial charge in [-0.25, -0.2) is 0 Å². The number of carboxylic acid groups (broad SMARTS) is 1. The van der Waals surface area contributed by atoms with E-state index in [0.29, 0.717) is 19.3 Å². The van der Waals surface area contributed by atoms with Gasteiger partial charge in [0, 0.05) is 30.1 Å². The highest BCUT2D eigenvalue weighted by Gasteiger charge is 2.23. The summed E-state index contributed by atoms with van der Waals surface area (Å²) in [5, 5.41) is 8.61. The molecule has 1 aliphatic rings. The number of thiophene rings is 1. The number of aryl methyl sites for hydroxylation is 1. The van der Waals surface area contributed by atoms with Crippen LogP contribution in [0.4, 0.5) is 0 Å². The summed E-state index contributed by atoms with van der Waals surface area (Å²) in [5.41, 5.74) is 0. The normalized spacial score (nSPS) is 13.9.